The summed E-state index contributed by atoms with van der Waals surface area (Å²) in [6.45, 7) is 5.81. The number of ether oxygens (including phenoxy) is 3. The van der Waals surface area contributed by atoms with Crippen LogP contribution in [0.1, 0.15) is 35.4 Å². The minimum Gasteiger partial charge on any atom is -0.454 e. The van der Waals surface area contributed by atoms with Crippen molar-refractivity contribution in [3.8, 4) is 11.5 Å². The molecule has 0 saturated carbocycles. The fourth-order valence-electron chi connectivity index (χ4n) is 3.75. The van der Waals surface area contributed by atoms with Gasteiger partial charge in [-0.1, -0.05) is 12.1 Å². The molecule has 0 radical (unpaired) electrons. The molecule has 3 heterocycles. The Morgan fingerprint density at radius 3 is 2.85 bits per heavy atom. The summed E-state index contributed by atoms with van der Waals surface area (Å²) < 4.78 is 18.6. The number of fused-ring (bicyclic) bond motifs is 1. The van der Waals surface area contributed by atoms with Crippen molar-refractivity contribution in [3.05, 3.63) is 40.7 Å². The van der Waals surface area contributed by atoms with Gasteiger partial charge in [-0.25, -0.2) is 0 Å². The van der Waals surface area contributed by atoms with Crippen LogP contribution in [0.4, 0.5) is 0 Å². The second-order valence-electron chi connectivity index (χ2n) is 7.12. The number of hydrogen-bond donors (Lipinski definition) is 0. The molecule has 144 valence electrons. The lowest BCUT2D eigenvalue weighted by Gasteiger charge is -2.26. The molecular weight excluding hydrogens is 346 g/mol. The number of amides is 1. The van der Waals surface area contributed by atoms with Crippen molar-refractivity contribution in [2.24, 2.45) is 7.05 Å². The average Bonchev–Trinajstić information content (AvgIpc) is 3.39. The molecule has 1 atom stereocenters. The van der Waals surface area contributed by atoms with E-state index in [0.29, 0.717) is 19.7 Å². The van der Waals surface area contributed by atoms with Gasteiger partial charge in [-0.15, -0.1) is 0 Å². The molecule has 0 bridgehead atoms. The molecule has 0 unspecified atom stereocenters. The van der Waals surface area contributed by atoms with E-state index in [2.05, 4.69) is 5.10 Å². The van der Waals surface area contributed by atoms with Crippen molar-refractivity contribution in [3.63, 3.8) is 0 Å². The van der Waals surface area contributed by atoms with Gasteiger partial charge in [-0.05, 0) is 32.8 Å². The summed E-state index contributed by atoms with van der Waals surface area (Å²) >= 11 is 0. The lowest BCUT2D eigenvalue weighted by Crippen LogP contribution is -2.38. The van der Waals surface area contributed by atoms with Gasteiger partial charge in [0.25, 0.3) is 5.91 Å². The maximum atomic E-state index is 13.2. The van der Waals surface area contributed by atoms with Crippen LogP contribution in [0, 0.1) is 13.8 Å². The van der Waals surface area contributed by atoms with Crippen LogP contribution in [0.3, 0.4) is 0 Å². The van der Waals surface area contributed by atoms with E-state index in [-0.39, 0.29) is 18.8 Å². The third-order valence-corrected chi connectivity index (χ3v) is 5.36. The highest BCUT2D eigenvalue weighted by Crippen LogP contribution is 2.36. The summed E-state index contributed by atoms with van der Waals surface area (Å²) in [5.41, 5.74) is 4.03. The Hall–Kier alpha value is -2.54. The van der Waals surface area contributed by atoms with Crippen molar-refractivity contribution in [1.82, 2.24) is 14.7 Å². The molecule has 7 heteroatoms. The van der Waals surface area contributed by atoms with Crippen LogP contribution in [0.15, 0.2) is 18.2 Å². The van der Waals surface area contributed by atoms with Gasteiger partial charge in [0.2, 0.25) is 6.79 Å². The molecule has 0 N–H and O–H groups in total. The second kappa shape index (κ2) is 7.23. The molecule has 0 aliphatic carbocycles. The predicted octanol–water partition coefficient (Wildman–Crippen LogP) is 2.47. The summed E-state index contributed by atoms with van der Waals surface area (Å²) in [4.78, 5) is 15.0. The SMILES string of the molecule is Cc1nn(C)c(C)c1CN(Cc1cccc2c1OCO2)C(=O)[C@@H]1CCCO1. The summed E-state index contributed by atoms with van der Waals surface area (Å²) in [6, 6.07) is 5.79. The zero-order valence-electron chi connectivity index (χ0n) is 16.0. The Bertz CT molecular complexity index is 855. The third-order valence-electron chi connectivity index (χ3n) is 5.36. The number of hydrogen-bond acceptors (Lipinski definition) is 5. The highest BCUT2D eigenvalue weighted by molar-refractivity contribution is 5.81. The van der Waals surface area contributed by atoms with Gasteiger partial charge in [0.15, 0.2) is 11.5 Å². The van der Waals surface area contributed by atoms with Gasteiger partial charge >= 0.3 is 0 Å². The van der Waals surface area contributed by atoms with Gasteiger partial charge < -0.3 is 19.1 Å². The van der Waals surface area contributed by atoms with Crippen LogP contribution < -0.4 is 9.47 Å². The van der Waals surface area contributed by atoms with Crippen LogP contribution in [-0.2, 0) is 29.7 Å². The number of nitrogens with zero attached hydrogens (tertiary/aromatic N) is 3. The van der Waals surface area contributed by atoms with Crippen LogP contribution in [0.2, 0.25) is 0 Å². The van der Waals surface area contributed by atoms with Gasteiger partial charge in [0, 0.05) is 43.6 Å². The molecule has 7 nitrogen and oxygen atoms in total. The predicted molar refractivity (Wildman–Crippen MR) is 98.5 cm³/mol. The Morgan fingerprint density at radius 2 is 2.15 bits per heavy atom. The van der Waals surface area contributed by atoms with Crippen LogP contribution in [0.25, 0.3) is 0 Å². The van der Waals surface area contributed by atoms with E-state index in [1.165, 1.54) is 0 Å². The quantitative estimate of drug-likeness (QED) is 0.808. The fourth-order valence-corrected chi connectivity index (χ4v) is 3.75. The summed E-state index contributed by atoms with van der Waals surface area (Å²) in [6.07, 6.45) is 1.33. The maximum Gasteiger partial charge on any atom is 0.252 e. The van der Waals surface area contributed by atoms with Gasteiger partial charge in [0.05, 0.1) is 5.69 Å². The smallest absolute Gasteiger partial charge is 0.252 e. The second-order valence-corrected chi connectivity index (χ2v) is 7.12. The van der Waals surface area contributed by atoms with Crippen LogP contribution in [-0.4, -0.2) is 40.1 Å². The Kier molecular flexibility index (Phi) is 4.78. The number of benzene rings is 1. The summed E-state index contributed by atoms with van der Waals surface area (Å²) in [7, 11) is 1.92. The highest BCUT2D eigenvalue weighted by atomic mass is 16.7. The Labute approximate surface area is 158 Å². The molecule has 0 spiro atoms. The van der Waals surface area contributed by atoms with Crippen LogP contribution in [0.5, 0.6) is 11.5 Å². The van der Waals surface area contributed by atoms with Crippen molar-refractivity contribution >= 4 is 5.91 Å². The minimum atomic E-state index is -0.365. The summed E-state index contributed by atoms with van der Waals surface area (Å²) in [5, 5.41) is 4.49. The van der Waals surface area contributed by atoms with E-state index in [1.807, 2.05) is 48.7 Å². The lowest BCUT2D eigenvalue weighted by atomic mass is 10.1. The zero-order chi connectivity index (χ0) is 19.0. The molecule has 2 aromatic rings. The normalized spacial score (nSPS) is 18.1. The highest BCUT2D eigenvalue weighted by Gasteiger charge is 2.30. The first-order valence-corrected chi connectivity index (χ1v) is 9.31. The molecule has 1 aromatic heterocycles. The number of carbonyl (C=O) groups excluding carboxylic acids is 1. The number of aromatic nitrogens is 2. The van der Waals surface area contributed by atoms with E-state index in [4.69, 9.17) is 14.2 Å². The van der Waals surface area contributed by atoms with E-state index < -0.39 is 0 Å². The lowest BCUT2D eigenvalue weighted by molar-refractivity contribution is -0.142. The molecular formula is C20H25N3O4. The molecule has 1 aromatic carbocycles. The maximum absolute atomic E-state index is 13.2. The number of rotatable bonds is 5. The molecule has 27 heavy (non-hydrogen) atoms. The van der Waals surface area contributed by atoms with Crippen LogP contribution >= 0.6 is 0 Å². The van der Waals surface area contributed by atoms with Crippen molar-refractivity contribution in [2.45, 2.75) is 45.9 Å². The van der Waals surface area contributed by atoms with Crippen molar-refractivity contribution in [1.29, 1.82) is 0 Å². The van der Waals surface area contributed by atoms with Crippen molar-refractivity contribution in [2.75, 3.05) is 13.4 Å². The standard InChI is InChI=1S/C20H25N3O4/c1-13-16(14(2)22(3)21-13)11-23(20(24)18-8-5-9-25-18)10-15-6-4-7-17-19(15)27-12-26-17/h4,6-7,18H,5,8-12H2,1-3H3/t18-/m0/s1. The molecule has 1 saturated heterocycles. The van der Waals surface area contributed by atoms with E-state index in [0.717, 1.165) is 46.9 Å². The molecule has 1 amide bonds. The van der Waals surface area contributed by atoms with E-state index in [9.17, 15) is 4.79 Å². The fraction of sp³-hybridized carbons (Fsp3) is 0.500. The summed E-state index contributed by atoms with van der Waals surface area (Å²) in [5.74, 6) is 1.47. The number of carbonyl (C=O) groups is 1. The zero-order valence-corrected chi connectivity index (χ0v) is 16.0. The first-order valence-electron chi connectivity index (χ1n) is 9.31. The topological polar surface area (TPSA) is 65.8 Å². The first-order chi connectivity index (χ1) is 13.0. The Balaban J connectivity index is 1.64. The van der Waals surface area contributed by atoms with Gasteiger partial charge in [-0.2, -0.15) is 5.10 Å². The monoisotopic (exact) mass is 371 g/mol. The van der Waals surface area contributed by atoms with Crippen molar-refractivity contribution < 1.29 is 19.0 Å². The largest absolute Gasteiger partial charge is 0.454 e. The molecule has 1 fully saturated rings. The third kappa shape index (κ3) is 3.39. The molecule has 2 aliphatic heterocycles. The first kappa shape index (κ1) is 17.9. The van der Waals surface area contributed by atoms with Gasteiger partial charge in [0.1, 0.15) is 6.10 Å². The van der Waals surface area contributed by atoms with E-state index in [1.54, 1.807) is 0 Å². The minimum absolute atomic E-state index is 0.0201. The van der Waals surface area contributed by atoms with E-state index >= 15 is 0 Å². The van der Waals surface area contributed by atoms with Gasteiger partial charge in [-0.3, -0.25) is 9.48 Å². The number of para-hydroxylation sites is 1. The molecule has 4 rings (SSSR count). The average molecular weight is 371 g/mol. The Morgan fingerprint density at radius 1 is 1.30 bits per heavy atom. The number of aryl methyl sites for hydroxylation is 2. The molecule has 2 aliphatic rings.